The summed E-state index contributed by atoms with van der Waals surface area (Å²) in [6.07, 6.45) is 2.75. The Balaban J connectivity index is 1.91. The van der Waals surface area contributed by atoms with Crippen LogP contribution in [-0.2, 0) is 10.0 Å². The van der Waals surface area contributed by atoms with Crippen LogP contribution in [0.1, 0.15) is 47.7 Å². The first-order chi connectivity index (χ1) is 13.2. The Kier molecular flexibility index (Phi) is 6.12. The van der Waals surface area contributed by atoms with Gasteiger partial charge in [0.05, 0.1) is 4.90 Å². The van der Waals surface area contributed by atoms with E-state index >= 15 is 0 Å². The smallest absolute Gasteiger partial charge is 0.255 e. The maximum absolute atomic E-state index is 13.1. The number of aryl methyl sites for hydroxylation is 2. The van der Waals surface area contributed by atoms with Crippen molar-refractivity contribution in [2.24, 2.45) is 0 Å². The number of sulfonamides is 1. The Labute approximate surface area is 171 Å². The molecule has 0 saturated carbocycles. The lowest BCUT2D eigenvalue weighted by Gasteiger charge is -2.32. The summed E-state index contributed by atoms with van der Waals surface area (Å²) in [5.41, 5.74) is 2.55. The standard InChI is InChI=1S/C21H25ClN2O3S/c1-14-7-9-18(28(26,27)24-11-5-4-6-16(24)3)13-19(14)21(25)23-20-10-8-17(22)12-15(20)2/h7-10,12-13,16H,4-6,11H2,1-3H3,(H,23,25)/t16-/m0/s1. The minimum atomic E-state index is -3.63. The molecule has 1 aliphatic rings. The van der Waals surface area contributed by atoms with E-state index in [9.17, 15) is 13.2 Å². The fraction of sp³-hybridized carbons (Fsp3) is 0.381. The summed E-state index contributed by atoms with van der Waals surface area (Å²) in [6, 6.07) is 9.92. The summed E-state index contributed by atoms with van der Waals surface area (Å²) in [7, 11) is -3.63. The highest BCUT2D eigenvalue weighted by molar-refractivity contribution is 7.89. The van der Waals surface area contributed by atoms with E-state index in [0.29, 0.717) is 22.8 Å². The lowest BCUT2D eigenvalue weighted by atomic mass is 10.1. The molecule has 28 heavy (non-hydrogen) atoms. The number of hydrogen-bond acceptors (Lipinski definition) is 3. The van der Waals surface area contributed by atoms with Crippen LogP contribution in [0, 0.1) is 13.8 Å². The van der Waals surface area contributed by atoms with E-state index in [2.05, 4.69) is 5.32 Å². The Morgan fingerprint density at radius 2 is 1.86 bits per heavy atom. The normalized spacial score (nSPS) is 18.1. The number of benzene rings is 2. The topological polar surface area (TPSA) is 66.5 Å². The maximum atomic E-state index is 13.1. The highest BCUT2D eigenvalue weighted by Gasteiger charge is 2.31. The minimum Gasteiger partial charge on any atom is -0.322 e. The SMILES string of the molecule is Cc1cc(Cl)ccc1NC(=O)c1cc(S(=O)(=O)N2CCCC[C@@H]2C)ccc1C. The van der Waals surface area contributed by atoms with Gasteiger partial charge in [-0.15, -0.1) is 0 Å². The molecule has 1 heterocycles. The van der Waals surface area contributed by atoms with Gasteiger partial charge < -0.3 is 5.32 Å². The van der Waals surface area contributed by atoms with E-state index in [1.165, 1.54) is 6.07 Å². The van der Waals surface area contributed by atoms with Crippen LogP contribution < -0.4 is 5.32 Å². The monoisotopic (exact) mass is 420 g/mol. The number of amides is 1. The second kappa shape index (κ2) is 8.23. The van der Waals surface area contributed by atoms with Crippen LogP contribution in [0.4, 0.5) is 5.69 Å². The molecule has 0 bridgehead atoms. The average Bonchev–Trinajstić information content (AvgIpc) is 2.64. The van der Waals surface area contributed by atoms with Gasteiger partial charge >= 0.3 is 0 Å². The van der Waals surface area contributed by atoms with E-state index in [0.717, 1.165) is 30.4 Å². The number of anilines is 1. The molecule has 1 atom stereocenters. The Bertz CT molecular complexity index is 1000. The number of halogens is 1. The lowest BCUT2D eigenvalue weighted by molar-refractivity contribution is 0.102. The van der Waals surface area contributed by atoms with Crippen molar-refractivity contribution < 1.29 is 13.2 Å². The number of piperidine rings is 1. The summed E-state index contributed by atoms with van der Waals surface area (Å²) in [5, 5.41) is 3.45. The molecule has 3 rings (SSSR count). The first-order valence-corrected chi connectivity index (χ1v) is 11.2. The van der Waals surface area contributed by atoms with Gasteiger partial charge in [0.25, 0.3) is 5.91 Å². The molecule has 2 aromatic rings. The van der Waals surface area contributed by atoms with Gasteiger partial charge in [-0.2, -0.15) is 4.31 Å². The average molecular weight is 421 g/mol. The molecule has 1 aliphatic heterocycles. The molecule has 1 saturated heterocycles. The summed E-state index contributed by atoms with van der Waals surface area (Å²) in [4.78, 5) is 13.0. The molecule has 0 radical (unpaired) electrons. The predicted molar refractivity (Wildman–Crippen MR) is 113 cm³/mol. The van der Waals surface area contributed by atoms with Crippen LogP contribution >= 0.6 is 11.6 Å². The maximum Gasteiger partial charge on any atom is 0.255 e. The third-order valence-electron chi connectivity index (χ3n) is 5.24. The van der Waals surface area contributed by atoms with Crippen LogP contribution in [0.25, 0.3) is 0 Å². The molecular weight excluding hydrogens is 396 g/mol. The van der Waals surface area contributed by atoms with E-state index in [-0.39, 0.29) is 16.8 Å². The van der Waals surface area contributed by atoms with Crippen molar-refractivity contribution in [2.45, 2.75) is 51.0 Å². The van der Waals surface area contributed by atoms with E-state index in [1.807, 2.05) is 13.8 Å². The van der Waals surface area contributed by atoms with Gasteiger partial charge in [0.2, 0.25) is 10.0 Å². The van der Waals surface area contributed by atoms with Crippen LogP contribution in [0.2, 0.25) is 5.02 Å². The van der Waals surface area contributed by atoms with Crippen LogP contribution in [0.15, 0.2) is 41.3 Å². The number of carbonyl (C=O) groups excluding carboxylic acids is 1. The highest BCUT2D eigenvalue weighted by Crippen LogP contribution is 2.27. The molecule has 0 aliphatic carbocycles. The molecular formula is C21H25ClN2O3S. The number of hydrogen-bond donors (Lipinski definition) is 1. The van der Waals surface area contributed by atoms with Crippen molar-refractivity contribution in [2.75, 3.05) is 11.9 Å². The zero-order chi connectivity index (χ0) is 20.5. The van der Waals surface area contributed by atoms with Crippen molar-refractivity contribution in [3.05, 3.63) is 58.1 Å². The Morgan fingerprint density at radius 3 is 2.54 bits per heavy atom. The largest absolute Gasteiger partial charge is 0.322 e. The fourth-order valence-electron chi connectivity index (χ4n) is 3.53. The van der Waals surface area contributed by atoms with Gasteiger partial charge in [0.15, 0.2) is 0 Å². The number of nitrogens with one attached hydrogen (secondary N) is 1. The van der Waals surface area contributed by atoms with Crippen molar-refractivity contribution >= 4 is 33.2 Å². The quantitative estimate of drug-likeness (QED) is 0.774. The predicted octanol–water partition coefficient (Wildman–Crippen LogP) is 4.77. The van der Waals surface area contributed by atoms with Gasteiger partial charge in [0, 0.05) is 28.9 Å². The van der Waals surface area contributed by atoms with E-state index in [1.54, 1.807) is 41.6 Å². The van der Waals surface area contributed by atoms with Crippen LogP contribution in [0.3, 0.4) is 0 Å². The zero-order valence-electron chi connectivity index (χ0n) is 16.3. The van der Waals surface area contributed by atoms with Crippen molar-refractivity contribution in [3.8, 4) is 0 Å². The summed E-state index contributed by atoms with van der Waals surface area (Å²) in [5.74, 6) is -0.341. The highest BCUT2D eigenvalue weighted by atomic mass is 35.5. The minimum absolute atomic E-state index is 0.0333. The Hall–Kier alpha value is -1.89. The second-order valence-electron chi connectivity index (χ2n) is 7.35. The van der Waals surface area contributed by atoms with Gasteiger partial charge in [-0.1, -0.05) is 24.1 Å². The van der Waals surface area contributed by atoms with E-state index < -0.39 is 10.0 Å². The fourth-order valence-corrected chi connectivity index (χ4v) is 5.48. The number of rotatable bonds is 4. The van der Waals surface area contributed by atoms with Gasteiger partial charge in [-0.05, 0) is 75.1 Å². The molecule has 5 nitrogen and oxygen atoms in total. The molecule has 0 spiro atoms. The molecule has 0 unspecified atom stereocenters. The third-order valence-corrected chi connectivity index (χ3v) is 7.48. The molecule has 1 fully saturated rings. The van der Waals surface area contributed by atoms with Gasteiger partial charge in [0.1, 0.15) is 0 Å². The summed E-state index contributed by atoms with van der Waals surface area (Å²) in [6.45, 7) is 6.10. The van der Waals surface area contributed by atoms with E-state index in [4.69, 9.17) is 11.6 Å². The molecule has 1 N–H and O–H groups in total. The molecule has 150 valence electrons. The van der Waals surface area contributed by atoms with Crippen LogP contribution in [0.5, 0.6) is 0 Å². The molecule has 7 heteroatoms. The Morgan fingerprint density at radius 1 is 1.11 bits per heavy atom. The van der Waals surface area contributed by atoms with Gasteiger partial charge in [-0.3, -0.25) is 4.79 Å². The third kappa shape index (κ3) is 4.24. The zero-order valence-corrected chi connectivity index (χ0v) is 17.9. The first kappa shape index (κ1) is 20.8. The van der Waals surface area contributed by atoms with Crippen molar-refractivity contribution in [1.82, 2.24) is 4.31 Å². The molecule has 2 aromatic carbocycles. The van der Waals surface area contributed by atoms with Crippen molar-refractivity contribution in [1.29, 1.82) is 0 Å². The van der Waals surface area contributed by atoms with Gasteiger partial charge in [-0.25, -0.2) is 8.42 Å². The second-order valence-corrected chi connectivity index (χ2v) is 9.68. The first-order valence-electron chi connectivity index (χ1n) is 9.40. The summed E-state index contributed by atoms with van der Waals surface area (Å²) < 4.78 is 27.8. The number of nitrogens with zero attached hydrogens (tertiary/aromatic N) is 1. The number of carbonyl (C=O) groups is 1. The lowest BCUT2D eigenvalue weighted by Crippen LogP contribution is -2.42. The summed E-state index contributed by atoms with van der Waals surface area (Å²) >= 11 is 5.97. The molecule has 0 aromatic heterocycles. The molecule has 1 amide bonds. The van der Waals surface area contributed by atoms with Crippen LogP contribution in [-0.4, -0.2) is 31.2 Å². The van der Waals surface area contributed by atoms with Crippen molar-refractivity contribution in [3.63, 3.8) is 0 Å².